The largest absolute Gasteiger partial charge is 0.340 e. The molecule has 3 aromatic rings. The van der Waals surface area contributed by atoms with Crippen LogP contribution in [0.5, 0.6) is 0 Å². The fourth-order valence-electron chi connectivity index (χ4n) is 4.57. The Morgan fingerprint density at radius 3 is 2.18 bits per heavy atom. The zero-order chi connectivity index (χ0) is 23.8. The maximum Gasteiger partial charge on any atom is 0.329 e. The summed E-state index contributed by atoms with van der Waals surface area (Å²) in [7, 11) is -3.60. The van der Waals surface area contributed by atoms with Gasteiger partial charge >= 0.3 is 5.69 Å². The van der Waals surface area contributed by atoms with E-state index >= 15 is 0 Å². The number of amides is 1. The first-order chi connectivity index (χ1) is 15.7. The summed E-state index contributed by atoms with van der Waals surface area (Å²) in [6.07, 6.45) is 0.196. The Hall–Kier alpha value is -2.91. The average Bonchev–Trinajstić information content (AvgIpc) is 3.07. The van der Waals surface area contributed by atoms with Gasteiger partial charge in [-0.2, -0.15) is 4.31 Å². The number of carbonyl (C=O) groups is 1. The van der Waals surface area contributed by atoms with Crippen molar-refractivity contribution < 1.29 is 13.2 Å². The molecule has 33 heavy (non-hydrogen) atoms. The number of sulfonamides is 1. The quantitative estimate of drug-likeness (QED) is 0.554. The van der Waals surface area contributed by atoms with E-state index in [1.165, 1.54) is 4.31 Å². The lowest BCUT2D eigenvalue weighted by molar-refractivity contribution is -0.132. The Kier molecular flexibility index (Phi) is 6.45. The molecule has 0 saturated carbocycles. The van der Waals surface area contributed by atoms with E-state index in [1.54, 1.807) is 33.1 Å². The molecule has 1 fully saturated rings. The number of hydrogen-bond acceptors (Lipinski definition) is 4. The Bertz CT molecular complexity index is 1350. The molecule has 176 valence electrons. The zero-order valence-electron chi connectivity index (χ0n) is 19.3. The van der Waals surface area contributed by atoms with Crippen LogP contribution in [-0.2, 0) is 27.9 Å². The van der Waals surface area contributed by atoms with Crippen LogP contribution in [-0.4, -0.2) is 58.8 Å². The van der Waals surface area contributed by atoms with Crippen molar-refractivity contribution in [2.24, 2.45) is 0 Å². The molecule has 0 spiro atoms. The highest BCUT2D eigenvalue weighted by molar-refractivity contribution is 7.89. The summed E-state index contributed by atoms with van der Waals surface area (Å²) in [5, 5.41) is 0. The number of benzene rings is 2. The smallest absolute Gasteiger partial charge is 0.329 e. The molecule has 8 nitrogen and oxygen atoms in total. The molecule has 2 heterocycles. The maximum absolute atomic E-state index is 13.1. The van der Waals surface area contributed by atoms with Gasteiger partial charge in [-0.25, -0.2) is 13.2 Å². The van der Waals surface area contributed by atoms with E-state index in [9.17, 15) is 18.0 Å². The van der Waals surface area contributed by atoms with E-state index in [-0.39, 0.29) is 31.1 Å². The Morgan fingerprint density at radius 1 is 0.939 bits per heavy atom. The Balaban J connectivity index is 1.41. The van der Waals surface area contributed by atoms with Gasteiger partial charge in [0.1, 0.15) is 0 Å². The number of nitrogens with zero attached hydrogens (tertiary/aromatic N) is 4. The van der Waals surface area contributed by atoms with Crippen LogP contribution < -0.4 is 5.69 Å². The van der Waals surface area contributed by atoms with Crippen LogP contribution >= 0.6 is 0 Å². The molecule has 1 aromatic heterocycles. The summed E-state index contributed by atoms with van der Waals surface area (Å²) < 4.78 is 31.0. The van der Waals surface area contributed by atoms with Crippen molar-refractivity contribution in [2.75, 3.05) is 26.2 Å². The highest BCUT2D eigenvalue weighted by Gasteiger charge is 2.31. The molecule has 0 unspecified atom stereocenters. The number of carbonyl (C=O) groups excluding carboxylic acids is 1. The summed E-state index contributed by atoms with van der Waals surface area (Å²) >= 11 is 0. The van der Waals surface area contributed by atoms with Crippen molar-refractivity contribution in [3.8, 4) is 0 Å². The SMILES string of the molecule is CCn1c(=O)n(CCC(=O)N2CCN(S(=O)(=O)c3ccc(C)cc3C)CC2)c2ccccc21. The number of piperazine rings is 1. The van der Waals surface area contributed by atoms with E-state index < -0.39 is 10.0 Å². The molecule has 1 aliphatic rings. The highest BCUT2D eigenvalue weighted by Crippen LogP contribution is 2.22. The summed E-state index contributed by atoms with van der Waals surface area (Å²) in [5.41, 5.74) is 3.31. The molecule has 1 saturated heterocycles. The van der Waals surface area contributed by atoms with E-state index in [0.29, 0.717) is 31.1 Å². The molecule has 0 bridgehead atoms. The van der Waals surface area contributed by atoms with Gasteiger partial charge in [-0.05, 0) is 44.5 Å². The fraction of sp³-hybridized carbons (Fsp3) is 0.417. The lowest BCUT2D eigenvalue weighted by atomic mass is 10.2. The molecule has 2 aromatic carbocycles. The van der Waals surface area contributed by atoms with Crippen LogP contribution in [0, 0.1) is 13.8 Å². The van der Waals surface area contributed by atoms with Crippen molar-refractivity contribution in [3.05, 3.63) is 64.1 Å². The van der Waals surface area contributed by atoms with Gasteiger partial charge in [-0.1, -0.05) is 29.8 Å². The number of imidazole rings is 1. The second-order valence-electron chi connectivity index (χ2n) is 8.47. The lowest BCUT2D eigenvalue weighted by Gasteiger charge is -2.34. The van der Waals surface area contributed by atoms with Gasteiger partial charge in [-0.15, -0.1) is 0 Å². The van der Waals surface area contributed by atoms with E-state index in [2.05, 4.69) is 0 Å². The molecule has 1 aliphatic heterocycles. The minimum atomic E-state index is -3.60. The predicted molar refractivity (Wildman–Crippen MR) is 128 cm³/mol. The van der Waals surface area contributed by atoms with Gasteiger partial charge in [0.05, 0.1) is 15.9 Å². The summed E-state index contributed by atoms with van der Waals surface area (Å²) in [4.78, 5) is 27.6. The first-order valence-electron chi connectivity index (χ1n) is 11.3. The minimum Gasteiger partial charge on any atom is -0.340 e. The summed E-state index contributed by atoms with van der Waals surface area (Å²) in [6.45, 7) is 7.73. The summed E-state index contributed by atoms with van der Waals surface area (Å²) in [6, 6.07) is 12.9. The number of rotatable bonds is 6. The van der Waals surface area contributed by atoms with Crippen molar-refractivity contribution in [1.29, 1.82) is 0 Å². The van der Waals surface area contributed by atoms with Crippen LogP contribution in [0.4, 0.5) is 0 Å². The number of aromatic nitrogens is 2. The van der Waals surface area contributed by atoms with Gasteiger partial charge < -0.3 is 4.90 Å². The fourth-order valence-corrected chi connectivity index (χ4v) is 6.19. The molecule has 0 aliphatic carbocycles. The summed E-state index contributed by atoms with van der Waals surface area (Å²) in [5.74, 6) is -0.0706. The molecule has 0 N–H and O–H groups in total. The monoisotopic (exact) mass is 470 g/mol. The second kappa shape index (κ2) is 9.15. The van der Waals surface area contributed by atoms with Gasteiger partial charge in [0.2, 0.25) is 15.9 Å². The van der Waals surface area contributed by atoms with Gasteiger partial charge in [0.15, 0.2) is 0 Å². The number of para-hydroxylation sites is 2. The van der Waals surface area contributed by atoms with Crippen molar-refractivity contribution in [1.82, 2.24) is 18.3 Å². The standard InChI is InChI=1S/C24H30N4O4S/c1-4-27-20-7-5-6-8-21(20)28(24(27)30)12-11-23(29)25-13-15-26(16-14-25)33(31,32)22-10-9-18(2)17-19(22)3/h5-10,17H,4,11-16H2,1-3H3. The topological polar surface area (TPSA) is 84.6 Å². The van der Waals surface area contributed by atoms with E-state index in [0.717, 1.165) is 22.2 Å². The predicted octanol–water partition coefficient (Wildman–Crippen LogP) is 2.36. The minimum absolute atomic E-state index is 0.0706. The third kappa shape index (κ3) is 4.35. The van der Waals surface area contributed by atoms with E-state index in [4.69, 9.17) is 0 Å². The number of fused-ring (bicyclic) bond motifs is 1. The third-order valence-corrected chi connectivity index (χ3v) is 8.39. The Labute approximate surface area is 194 Å². The molecule has 0 radical (unpaired) electrons. The average molecular weight is 471 g/mol. The van der Waals surface area contributed by atoms with E-state index in [1.807, 2.05) is 44.2 Å². The highest BCUT2D eigenvalue weighted by atomic mass is 32.2. The third-order valence-electron chi connectivity index (χ3n) is 6.33. The van der Waals surface area contributed by atoms with Gasteiger partial charge in [0.25, 0.3) is 0 Å². The lowest BCUT2D eigenvalue weighted by Crippen LogP contribution is -2.50. The van der Waals surface area contributed by atoms with Crippen LogP contribution in [0.2, 0.25) is 0 Å². The maximum atomic E-state index is 13.1. The van der Waals surface area contributed by atoms with Crippen molar-refractivity contribution in [3.63, 3.8) is 0 Å². The van der Waals surface area contributed by atoms with Crippen molar-refractivity contribution >= 4 is 27.0 Å². The van der Waals surface area contributed by atoms with Crippen molar-refractivity contribution in [2.45, 2.75) is 45.2 Å². The first-order valence-corrected chi connectivity index (χ1v) is 12.7. The molecule has 1 amide bonds. The molecular weight excluding hydrogens is 440 g/mol. The van der Waals surface area contributed by atoms with Gasteiger partial charge in [-0.3, -0.25) is 13.9 Å². The van der Waals surface area contributed by atoms with Crippen LogP contribution in [0.25, 0.3) is 11.0 Å². The second-order valence-corrected chi connectivity index (χ2v) is 10.4. The number of hydrogen-bond donors (Lipinski definition) is 0. The van der Waals surface area contributed by atoms with Crippen LogP contribution in [0.1, 0.15) is 24.5 Å². The zero-order valence-corrected chi connectivity index (χ0v) is 20.1. The van der Waals surface area contributed by atoms with Crippen LogP contribution in [0.15, 0.2) is 52.2 Å². The molecule has 9 heteroatoms. The normalized spacial score (nSPS) is 15.3. The first kappa shape index (κ1) is 23.3. The molecule has 4 rings (SSSR count). The number of aryl methyl sites for hydroxylation is 4. The Morgan fingerprint density at radius 2 is 1.58 bits per heavy atom. The van der Waals surface area contributed by atoms with Crippen LogP contribution in [0.3, 0.4) is 0 Å². The van der Waals surface area contributed by atoms with Gasteiger partial charge in [0, 0.05) is 45.7 Å². The molecule has 0 atom stereocenters. The molecular formula is C24H30N4O4S.